The Morgan fingerprint density at radius 2 is 1.62 bits per heavy atom. The van der Waals surface area contributed by atoms with E-state index in [0.717, 1.165) is 6.42 Å². The first kappa shape index (κ1) is 24.7. The third kappa shape index (κ3) is 16.2. The molecule has 0 saturated heterocycles. The Balaban J connectivity index is 3.36. The summed E-state index contributed by atoms with van der Waals surface area (Å²) < 4.78 is 15.7. The molecule has 0 heterocycles. The van der Waals surface area contributed by atoms with E-state index in [0.29, 0.717) is 52.2 Å². The molecule has 0 aliphatic heterocycles. The van der Waals surface area contributed by atoms with Gasteiger partial charge >= 0.3 is 6.09 Å². The van der Waals surface area contributed by atoms with Gasteiger partial charge in [0.15, 0.2) is 0 Å². The quantitative estimate of drug-likeness (QED) is 0.283. The molecule has 0 spiro atoms. The van der Waals surface area contributed by atoms with Gasteiger partial charge in [-0.2, -0.15) is 5.48 Å². The minimum Gasteiger partial charge on any atom is -0.442 e. The van der Waals surface area contributed by atoms with Crippen LogP contribution in [-0.4, -0.2) is 63.1 Å². The van der Waals surface area contributed by atoms with Gasteiger partial charge in [-0.25, -0.2) is 4.79 Å². The predicted molar refractivity (Wildman–Crippen MR) is 97.5 cm³/mol. The highest BCUT2D eigenvalue weighted by Gasteiger charge is 2.15. The lowest BCUT2D eigenvalue weighted by atomic mass is 10.0. The molecule has 9 heteroatoms. The molecule has 1 atom stereocenters. The molecule has 26 heavy (non-hydrogen) atoms. The zero-order valence-electron chi connectivity index (χ0n) is 16.3. The van der Waals surface area contributed by atoms with Crippen molar-refractivity contribution in [1.82, 2.24) is 5.48 Å². The molecule has 0 unspecified atom stereocenters. The van der Waals surface area contributed by atoms with E-state index in [9.17, 15) is 9.59 Å². The van der Waals surface area contributed by atoms with Crippen LogP contribution in [0.3, 0.4) is 0 Å². The van der Waals surface area contributed by atoms with E-state index in [1.807, 2.05) is 0 Å². The lowest BCUT2D eigenvalue weighted by Crippen LogP contribution is -2.33. The van der Waals surface area contributed by atoms with Crippen molar-refractivity contribution in [2.24, 2.45) is 11.5 Å². The molecule has 0 aliphatic rings. The van der Waals surface area contributed by atoms with Gasteiger partial charge in [0.1, 0.15) is 11.4 Å². The standard InChI is InChI=1S/C17H35N3O6/c1-17(2,3)26-16(22)20-25-13-12-24-11-10-23-9-5-7-15(21)14(19)6-4-8-18/h14H,4-13,18-19H2,1-3H3,(H,20,22)/t14-/m0/s1. The summed E-state index contributed by atoms with van der Waals surface area (Å²) in [5, 5.41) is 0. The molecule has 0 aromatic rings. The van der Waals surface area contributed by atoms with Crippen molar-refractivity contribution in [2.45, 2.75) is 58.1 Å². The summed E-state index contributed by atoms with van der Waals surface area (Å²) in [5.41, 5.74) is 12.7. The summed E-state index contributed by atoms with van der Waals surface area (Å²) in [7, 11) is 0. The number of hydroxylamine groups is 1. The SMILES string of the molecule is CC(C)(C)OC(=O)NOCCOCCOCCCC(=O)[C@@H](N)CCCN. The zero-order valence-corrected chi connectivity index (χ0v) is 16.3. The highest BCUT2D eigenvalue weighted by Crippen LogP contribution is 2.06. The molecule has 0 radical (unpaired) electrons. The number of Topliss-reactive ketones (excluding diaryl/α,β-unsaturated/α-hetero) is 1. The smallest absolute Gasteiger partial charge is 0.431 e. The Labute approximate surface area is 156 Å². The van der Waals surface area contributed by atoms with Gasteiger partial charge in [-0.15, -0.1) is 0 Å². The molecule has 0 aromatic heterocycles. The molecule has 0 rings (SSSR count). The lowest BCUT2D eigenvalue weighted by molar-refractivity contribution is -0.120. The van der Waals surface area contributed by atoms with Crippen molar-refractivity contribution in [3.8, 4) is 0 Å². The van der Waals surface area contributed by atoms with Gasteiger partial charge < -0.3 is 25.7 Å². The number of nitrogens with two attached hydrogens (primary N) is 2. The number of rotatable bonds is 15. The first-order valence-electron chi connectivity index (χ1n) is 9.01. The number of ether oxygens (including phenoxy) is 3. The Bertz CT molecular complexity index is 387. The number of ketones is 1. The summed E-state index contributed by atoms with van der Waals surface area (Å²) >= 11 is 0. The summed E-state index contributed by atoms with van der Waals surface area (Å²) in [4.78, 5) is 27.9. The van der Waals surface area contributed by atoms with Crippen LogP contribution in [0.1, 0.15) is 46.5 Å². The van der Waals surface area contributed by atoms with E-state index < -0.39 is 17.7 Å². The third-order valence-electron chi connectivity index (χ3n) is 3.10. The Morgan fingerprint density at radius 3 is 2.23 bits per heavy atom. The average Bonchev–Trinajstić information content (AvgIpc) is 2.55. The van der Waals surface area contributed by atoms with Crippen LogP contribution in [0, 0.1) is 0 Å². The second-order valence-electron chi connectivity index (χ2n) is 6.78. The fraction of sp³-hybridized carbons (Fsp3) is 0.882. The Hall–Kier alpha value is -1.26. The van der Waals surface area contributed by atoms with Crippen LogP contribution < -0.4 is 16.9 Å². The summed E-state index contributed by atoms with van der Waals surface area (Å²) in [6.45, 7) is 7.67. The van der Waals surface area contributed by atoms with E-state index in [1.54, 1.807) is 20.8 Å². The monoisotopic (exact) mass is 377 g/mol. The first-order chi connectivity index (χ1) is 12.3. The molecule has 1 amide bonds. The van der Waals surface area contributed by atoms with E-state index in [-0.39, 0.29) is 12.4 Å². The van der Waals surface area contributed by atoms with Crippen molar-refractivity contribution in [3.05, 3.63) is 0 Å². The van der Waals surface area contributed by atoms with Crippen molar-refractivity contribution >= 4 is 11.9 Å². The molecule has 0 aromatic carbocycles. The highest BCUT2D eigenvalue weighted by atomic mass is 16.7. The van der Waals surface area contributed by atoms with Crippen LogP contribution in [0.25, 0.3) is 0 Å². The molecule has 0 saturated carbocycles. The lowest BCUT2D eigenvalue weighted by Gasteiger charge is -2.19. The average molecular weight is 377 g/mol. The van der Waals surface area contributed by atoms with Gasteiger partial charge in [-0.1, -0.05) is 0 Å². The number of nitrogens with one attached hydrogen (secondary N) is 1. The minimum atomic E-state index is -0.641. The van der Waals surface area contributed by atoms with Crippen molar-refractivity contribution < 1.29 is 28.6 Å². The van der Waals surface area contributed by atoms with E-state index in [4.69, 9.17) is 30.5 Å². The maximum atomic E-state index is 11.7. The molecular formula is C17H35N3O6. The predicted octanol–water partition coefficient (Wildman–Crippen LogP) is 0.891. The van der Waals surface area contributed by atoms with Crippen LogP contribution >= 0.6 is 0 Å². The summed E-state index contributed by atoms with van der Waals surface area (Å²) in [6.07, 6.45) is 1.81. The molecule has 154 valence electrons. The van der Waals surface area contributed by atoms with Crippen molar-refractivity contribution in [3.63, 3.8) is 0 Å². The van der Waals surface area contributed by atoms with Crippen LogP contribution in [0.5, 0.6) is 0 Å². The van der Waals surface area contributed by atoms with Crippen molar-refractivity contribution in [1.29, 1.82) is 0 Å². The van der Waals surface area contributed by atoms with E-state index in [2.05, 4.69) is 5.48 Å². The van der Waals surface area contributed by atoms with Gasteiger partial charge in [0.2, 0.25) is 0 Å². The van der Waals surface area contributed by atoms with Crippen LogP contribution in [-0.2, 0) is 23.8 Å². The number of carbonyl (C=O) groups is 2. The van der Waals surface area contributed by atoms with Gasteiger partial charge in [0.25, 0.3) is 0 Å². The largest absolute Gasteiger partial charge is 0.442 e. The Kier molecular flexibility index (Phi) is 14.1. The maximum Gasteiger partial charge on any atom is 0.431 e. The second-order valence-corrected chi connectivity index (χ2v) is 6.78. The second kappa shape index (κ2) is 14.9. The van der Waals surface area contributed by atoms with E-state index in [1.165, 1.54) is 0 Å². The number of hydrogen-bond acceptors (Lipinski definition) is 8. The van der Waals surface area contributed by atoms with Gasteiger partial charge in [0, 0.05) is 13.0 Å². The molecular weight excluding hydrogens is 342 g/mol. The molecule has 5 N–H and O–H groups in total. The van der Waals surface area contributed by atoms with Crippen LogP contribution in [0.4, 0.5) is 4.79 Å². The molecule has 0 fully saturated rings. The number of hydrogen-bond donors (Lipinski definition) is 3. The third-order valence-corrected chi connectivity index (χ3v) is 3.10. The zero-order chi connectivity index (χ0) is 19.8. The van der Waals surface area contributed by atoms with E-state index >= 15 is 0 Å². The fourth-order valence-electron chi connectivity index (χ4n) is 1.86. The van der Waals surface area contributed by atoms with Gasteiger partial charge in [-0.3, -0.25) is 9.63 Å². The maximum absolute atomic E-state index is 11.7. The fourth-order valence-corrected chi connectivity index (χ4v) is 1.86. The first-order valence-corrected chi connectivity index (χ1v) is 9.01. The highest BCUT2D eigenvalue weighted by molar-refractivity contribution is 5.83. The summed E-state index contributed by atoms with van der Waals surface area (Å²) in [6, 6.07) is -0.420. The molecule has 0 aliphatic carbocycles. The van der Waals surface area contributed by atoms with Crippen molar-refractivity contribution in [2.75, 3.05) is 39.6 Å². The summed E-state index contributed by atoms with van der Waals surface area (Å²) in [5.74, 6) is 0.0490. The number of amides is 1. The minimum absolute atomic E-state index is 0.0490. The Morgan fingerprint density at radius 1 is 1.00 bits per heavy atom. The van der Waals surface area contributed by atoms with Gasteiger partial charge in [-0.05, 0) is 46.6 Å². The molecule has 0 bridgehead atoms. The van der Waals surface area contributed by atoms with Gasteiger partial charge in [0.05, 0.1) is 32.5 Å². The van der Waals surface area contributed by atoms with Crippen LogP contribution in [0.2, 0.25) is 0 Å². The topological polar surface area (TPSA) is 135 Å². The van der Waals surface area contributed by atoms with Crippen LogP contribution in [0.15, 0.2) is 0 Å². The normalized spacial score (nSPS) is 12.7. The molecule has 9 nitrogen and oxygen atoms in total. The number of carbonyl (C=O) groups excluding carboxylic acids is 2.